The molecule has 1 heterocycles. The van der Waals surface area contributed by atoms with Gasteiger partial charge in [-0.1, -0.05) is 12.1 Å². The monoisotopic (exact) mass is 261 g/mol. The van der Waals surface area contributed by atoms with Gasteiger partial charge >= 0.3 is 0 Å². The number of carbonyl (C=O) groups is 1. The fourth-order valence-electron chi connectivity index (χ4n) is 2.61. The molecule has 0 radical (unpaired) electrons. The molecule has 1 fully saturated rings. The molecule has 4 heteroatoms. The van der Waals surface area contributed by atoms with E-state index in [1.165, 1.54) is 16.8 Å². The van der Waals surface area contributed by atoms with Crippen molar-refractivity contribution in [2.75, 3.05) is 31.1 Å². The number of rotatable bonds is 3. The highest BCUT2D eigenvalue weighted by Crippen LogP contribution is 2.24. The van der Waals surface area contributed by atoms with Gasteiger partial charge in [-0.2, -0.15) is 0 Å². The summed E-state index contributed by atoms with van der Waals surface area (Å²) in [6.45, 7) is 9.86. The minimum Gasteiger partial charge on any atom is -0.369 e. The fraction of sp³-hybridized carbons (Fsp3) is 0.533. The quantitative estimate of drug-likeness (QED) is 0.892. The van der Waals surface area contributed by atoms with E-state index < -0.39 is 0 Å². The molecule has 19 heavy (non-hydrogen) atoms. The van der Waals surface area contributed by atoms with Gasteiger partial charge in [-0.15, -0.1) is 0 Å². The highest BCUT2D eigenvalue weighted by atomic mass is 16.1. The molecule has 0 saturated carbocycles. The lowest BCUT2D eigenvalue weighted by Gasteiger charge is -2.38. The van der Waals surface area contributed by atoms with Crippen LogP contribution < -0.4 is 10.6 Å². The van der Waals surface area contributed by atoms with Gasteiger partial charge in [0, 0.05) is 31.9 Å². The molecule has 4 nitrogen and oxygen atoms in total. The van der Waals surface area contributed by atoms with Crippen LogP contribution in [-0.2, 0) is 4.79 Å². The van der Waals surface area contributed by atoms with Crippen molar-refractivity contribution in [3.8, 4) is 0 Å². The first kappa shape index (κ1) is 13.9. The number of amides is 1. The molecule has 2 rings (SSSR count). The highest BCUT2D eigenvalue weighted by Gasteiger charge is 2.24. The molecule has 0 bridgehead atoms. The van der Waals surface area contributed by atoms with E-state index in [2.05, 4.69) is 41.8 Å². The van der Waals surface area contributed by atoms with Crippen LogP contribution in [0.15, 0.2) is 18.2 Å². The SMILES string of the molecule is Cc1cccc(N2CCN([C@@H](C)C(N)=O)CC2)c1C. The van der Waals surface area contributed by atoms with Crippen LogP contribution in [0.3, 0.4) is 0 Å². The van der Waals surface area contributed by atoms with Gasteiger partial charge in [0.05, 0.1) is 6.04 Å². The minimum atomic E-state index is -0.236. The summed E-state index contributed by atoms with van der Waals surface area (Å²) in [6.07, 6.45) is 0. The lowest BCUT2D eigenvalue weighted by Crippen LogP contribution is -2.53. The van der Waals surface area contributed by atoms with E-state index in [9.17, 15) is 4.79 Å². The van der Waals surface area contributed by atoms with Crippen LogP contribution in [0.4, 0.5) is 5.69 Å². The molecule has 0 aromatic heterocycles. The van der Waals surface area contributed by atoms with Crippen molar-refractivity contribution in [1.82, 2.24) is 4.90 Å². The number of hydrogen-bond donors (Lipinski definition) is 1. The Bertz CT molecular complexity index is 464. The number of aryl methyl sites for hydroxylation is 1. The average molecular weight is 261 g/mol. The van der Waals surface area contributed by atoms with Crippen LogP contribution in [0.5, 0.6) is 0 Å². The summed E-state index contributed by atoms with van der Waals surface area (Å²) in [6, 6.07) is 6.26. The molecule has 2 N–H and O–H groups in total. The molecule has 1 atom stereocenters. The van der Waals surface area contributed by atoms with Gasteiger partial charge in [0.1, 0.15) is 0 Å². The molecule has 0 spiro atoms. The van der Waals surface area contributed by atoms with Crippen LogP contribution in [0, 0.1) is 13.8 Å². The maximum Gasteiger partial charge on any atom is 0.234 e. The third-order valence-electron chi connectivity index (χ3n) is 4.19. The molecule has 0 aliphatic carbocycles. The predicted molar refractivity (Wildman–Crippen MR) is 78.4 cm³/mol. The van der Waals surface area contributed by atoms with Gasteiger partial charge < -0.3 is 10.6 Å². The third-order valence-corrected chi connectivity index (χ3v) is 4.19. The summed E-state index contributed by atoms with van der Waals surface area (Å²) in [5.74, 6) is -0.236. The second kappa shape index (κ2) is 5.61. The van der Waals surface area contributed by atoms with E-state index in [4.69, 9.17) is 5.73 Å². The molecule has 0 unspecified atom stereocenters. The van der Waals surface area contributed by atoms with Crippen LogP contribution >= 0.6 is 0 Å². The average Bonchev–Trinajstić information content (AvgIpc) is 2.41. The molecule has 1 aromatic carbocycles. The Kier molecular flexibility index (Phi) is 4.10. The van der Waals surface area contributed by atoms with E-state index in [1.807, 2.05) is 6.92 Å². The van der Waals surface area contributed by atoms with Crippen molar-refractivity contribution in [1.29, 1.82) is 0 Å². The van der Waals surface area contributed by atoms with Gasteiger partial charge in [-0.3, -0.25) is 9.69 Å². The van der Waals surface area contributed by atoms with E-state index in [0.29, 0.717) is 0 Å². The maximum absolute atomic E-state index is 11.2. The Morgan fingerprint density at radius 1 is 1.21 bits per heavy atom. The number of piperazine rings is 1. The first-order valence-corrected chi connectivity index (χ1v) is 6.85. The van der Waals surface area contributed by atoms with Crippen LogP contribution in [0.25, 0.3) is 0 Å². The molecular weight excluding hydrogens is 238 g/mol. The van der Waals surface area contributed by atoms with Crippen molar-refractivity contribution < 1.29 is 4.79 Å². The van der Waals surface area contributed by atoms with Crippen molar-refractivity contribution in [2.24, 2.45) is 5.73 Å². The molecule has 1 aromatic rings. The fourth-order valence-corrected chi connectivity index (χ4v) is 2.61. The second-order valence-corrected chi connectivity index (χ2v) is 5.32. The maximum atomic E-state index is 11.2. The van der Waals surface area contributed by atoms with E-state index in [0.717, 1.165) is 26.2 Å². The molecular formula is C15H23N3O. The van der Waals surface area contributed by atoms with Crippen molar-refractivity contribution >= 4 is 11.6 Å². The molecule has 104 valence electrons. The van der Waals surface area contributed by atoms with Gasteiger partial charge in [-0.25, -0.2) is 0 Å². The zero-order valence-corrected chi connectivity index (χ0v) is 12.0. The highest BCUT2D eigenvalue weighted by molar-refractivity contribution is 5.79. The zero-order chi connectivity index (χ0) is 14.0. The van der Waals surface area contributed by atoms with Crippen molar-refractivity contribution in [3.05, 3.63) is 29.3 Å². The molecule has 1 saturated heterocycles. The Balaban J connectivity index is 2.04. The number of hydrogen-bond acceptors (Lipinski definition) is 3. The first-order valence-electron chi connectivity index (χ1n) is 6.85. The second-order valence-electron chi connectivity index (χ2n) is 5.32. The lowest BCUT2D eigenvalue weighted by molar-refractivity contribution is -0.122. The first-order chi connectivity index (χ1) is 9.00. The number of nitrogens with two attached hydrogens (primary N) is 1. The summed E-state index contributed by atoms with van der Waals surface area (Å²) in [7, 11) is 0. The molecule has 1 amide bonds. The number of carbonyl (C=O) groups excluding carboxylic acids is 1. The lowest BCUT2D eigenvalue weighted by atomic mass is 10.1. The summed E-state index contributed by atoms with van der Waals surface area (Å²) in [4.78, 5) is 15.8. The van der Waals surface area contributed by atoms with E-state index in [1.54, 1.807) is 0 Å². The van der Waals surface area contributed by atoms with Gasteiger partial charge in [-0.05, 0) is 38.0 Å². The molecule has 1 aliphatic heterocycles. The summed E-state index contributed by atoms with van der Waals surface area (Å²) in [5.41, 5.74) is 9.34. The van der Waals surface area contributed by atoms with Gasteiger partial charge in [0.15, 0.2) is 0 Å². The van der Waals surface area contributed by atoms with Crippen LogP contribution in [0.1, 0.15) is 18.1 Å². The standard InChI is InChI=1S/C15H23N3O/c1-11-5-4-6-14(12(11)2)18-9-7-17(8-10-18)13(3)15(16)19/h4-6,13H,7-10H2,1-3H3,(H2,16,19)/t13-/m0/s1. The van der Waals surface area contributed by atoms with Crippen LogP contribution in [-0.4, -0.2) is 43.0 Å². The third kappa shape index (κ3) is 2.89. The van der Waals surface area contributed by atoms with Crippen LogP contribution in [0.2, 0.25) is 0 Å². The number of nitrogens with zero attached hydrogens (tertiary/aromatic N) is 2. The topological polar surface area (TPSA) is 49.6 Å². The number of benzene rings is 1. The van der Waals surface area contributed by atoms with E-state index in [-0.39, 0.29) is 11.9 Å². The Hall–Kier alpha value is -1.55. The predicted octanol–water partition coefficient (Wildman–Crippen LogP) is 1.30. The van der Waals surface area contributed by atoms with Crippen molar-refractivity contribution in [2.45, 2.75) is 26.8 Å². The summed E-state index contributed by atoms with van der Waals surface area (Å²) < 4.78 is 0. The summed E-state index contributed by atoms with van der Waals surface area (Å²) in [5, 5.41) is 0. The Morgan fingerprint density at radius 2 is 1.84 bits per heavy atom. The van der Waals surface area contributed by atoms with E-state index >= 15 is 0 Å². The number of primary amides is 1. The number of anilines is 1. The van der Waals surface area contributed by atoms with Gasteiger partial charge in [0.2, 0.25) is 5.91 Å². The minimum absolute atomic E-state index is 0.166. The van der Waals surface area contributed by atoms with Gasteiger partial charge in [0.25, 0.3) is 0 Å². The van der Waals surface area contributed by atoms with Crippen molar-refractivity contribution in [3.63, 3.8) is 0 Å². The molecule has 1 aliphatic rings. The largest absolute Gasteiger partial charge is 0.369 e. The zero-order valence-electron chi connectivity index (χ0n) is 12.0. The Labute approximate surface area is 115 Å². The smallest absolute Gasteiger partial charge is 0.234 e. The summed E-state index contributed by atoms with van der Waals surface area (Å²) >= 11 is 0. The normalized spacial score (nSPS) is 18.4. The Morgan fingerprint density at radius 3 is 2.42 bits per heavy atom.